The average molecular weight is 219 g/mol. The Balaban J connectivity index is 2.91. The molecule has 0 radical (unpaired) electrons. The molecule has 0 aromatic carbocycles. The lowest BCUT2D eigenvalue weighted by Crippen LogP contribution is -2.04. The molecule has 1 nitrogen and oxygen atoms in total. The molecule has 16 heavy (non-hydrogen) atoms. The van der Waals surface area contributed by atoms with Gasteiger partial charge in [-0.1, -0.05) is 34.6 Å². The molecule has 0 spiro atoms. The third-order valence-electron chi connectivity index (χ3n) is 2.63. The number of pyridine rings is 1. The molecule has 1 rings (SSSR count). The summed E-state index contributed by atoms with van der Waals surface area (Å²) in [5.74, 6) is 1.37. The van der Waals surface area contributed by atoms with Gasteiger partial charge in [0, 0.05) is 11.4 Å². The quantitative estimate of drug-likeness (QED) is 0.728. The van der Waals surface area contributed by atoms with Gasteiger partial charge in [0.15, 0.2) is 0 Å². The monoisotopic (exact) mass is 219 g/mol. The Morgan fingerprint density at radius 3 is 1.69 bits per heavy atom. The van der Waals surface area contributed by atoms with Gasteiger partial charge >= 0.3 is 0 Å². The molecule has 1 aromatic rings. The van der Waals surface area contributed by atoms with E-state index in [0.29, 0.717) is 11.8 Å². The molecule has 1 heteroatoms. The van der Waals surface area contributed by atoms with Crippen LogP contribution in [0.5, 0.6) is 0 Å². The largest absolute Gasteiger partial charge is 0.258 e. The Morgan fingerprint density at radius 1 is 0.938 bits per heavy atom. The smallest absolute Gasteiger partial charge is 0.0412 e. The fourth-order valence-electron chi connectivity index (χ4n) is 1.97. The first kappa shape index (κ1) is 13.2. The Hall–Kier alpha value is -0.850. The second-order valence-electron chi connectivity index (χ2n) is 5.51. The van der Waals surface area contributed by atoms with Crippen LogP contribution in [0.15, 0.2) is 12.1 Å². The van der Waals surface area contributed by atoms with Gasteiger partial charge in [0.2, 0.25) is 0 Å². The molecule has 1 heterocycles. The summed E-state index contributed by atoms with van der Waals surface area (Å²) in [5.41, 5.74) is 3.97. The molecule has 0 saturated carbocycles. The van der Waals surface area contributed by atoms with Crippen molar-refractivity contribution < 1.29 is 0 Å². The van der Waals surface area contributed by atoms with Crippen molar-refractivity contribution in [2.24, 2.45) is 11.8 Å². The van der Waals surface area contributed by atoms with E-state index in [1.54, 1.807) is 0 Å². The predicted octanol–water partition coefficient (Wildman–Crippen LogP) is 4.04. The van der Waals surface area contributed by atoms with Crippen molar-refractivity contribution in [2.75, 3.05) is 0 Å². The molecular formula is C15H25N. The van der Waals surface area contributed by atoms with Gasteiger partial charge in [0.1, 0.15) is 0 Å². The molecular weight excluding hydrogens is 194 g/mol. The van der Waals surface area contributed by atoms with Crippen LogP contribution in [0.1, 0.15) is 51.6 Å². The van der Waals surface area contributed by atoms with Crippen molar-refractivity contribution in [2.45, 2.75) is 53.9 Å². The van der Waals surface area contributed by atoms with Crippen molar-refractivity contribution in [3.05, 3.63) is 29.1 Å². The summed E-state index contributed by atoms with van der Waals surface area (Å²) in [6.07, 6.45) is 3.30. The molecule has 0 saturated heterocycles. The third kappa shape index (κ3) is 4.34. The van der Waals surface area contributed by atoms with E-state index in [2.05, 4.69) is 46.8 Å². The molecule has 90 valence electrons. The minimum Gasteiger partial charge on any atom is -0.258 e. The number of aryl methyl sites for hydroxylation is 1. The number of aromatic nitrogens is 1. The summed E-state index contributed by atoms with van der Waals surface area (Å²) in [7, 11) is 0. The van der Waals surface area contributed by atoms with Crippen LogP contribution < -0.4 is 0 Å². The Labute approximate surface area is 100 Å². The SMILES string of the molecule is CCc1cc(CC(C)C)nc(CC(C)C)c1. The van der Waals surface area contributed by atoms with Crippen LogP contribution in [-0.4, -0.2) is 4.98 Å². The summed E-state index contributed by atoms with van der Waals surface area (Å²) < 4.78 is 0. The number of nitrogens with zero attached hydrogens (tertiary/aromatic N) is 1. The van der Waals surface area contributed by atoms with Crippen LogP contribution in [0.3, 0.4) is 0 Å². The first-order chi connectivity index (χ1) is 7.51. The fraction of sp³-hybridized carbons (Fsp3) is 0.667. The van der Waals surface area contributed by atoms with Crippen molar-refractivity contribution in [1.82, 2.24) is 4.98 Å². The van der Waals surface area contributed by atoms with E-state index in [0.717, 1.165) is 19.3 Å². The normalized spacial score (nSPS) is 11.4. The Bertz CT molecular complexity index is 298. The van der Waals surface area contributed by atoms with Gasteiger partial charge in [-0.2, -0.15) is 0 Å². The molecule has 1 aromatic heterocycles. The predicted molar refractivity (Wildman–Crippen MR) is 70.7 cm³/mol. The van der Waals surface area contributed by atoms with Crippen LogP contribution >= 0.6 is 0 Å². The zero-order chi connectivity index (χ0) is 12.1. The van der Waals surface area contributed by atoms with Crippen molar-refractivity contribution in [3.63, 3.8) is 0 Å². The maximum atomic E-state index is 4.76. The molecule has 0 aliphatic carbocycles. The van der Waals surface area contributed by atoms with Crippen LogP contribution in [0.4, 0.5) is 0 Å². The summed E-state index contributed by atoms with van der Waals surface area (Å²) in [4.78, 5) is 4.76. The maximum Gasteiger partial charge on any atom is 0.0412 e. The van der Waals surface area contributed by atoms with Crippen LogP contribution in [0, 0.1) is 11.8 Å². The lowest BCUT2D eigenvalue weighted by molar-refractivity contribution is 0.612. The molecule has 0 bridgehead atoms. The zero-order valence-corrected chi connectivity index (χ0v) is 11.4. The highest BCUT2D eigenvalue weighted by molar-refractivity contribution is 5.22. The van der Waals surface area contributed by atoms with Crippen molar-refractivity contribution >= 4 is 0 Å². The molecule has 0 fully saturated rings. The summed E-state index contributed by atoms with van der Waals surface area (Å²) in [5, 5.41) is 0. The fourth-order valence-corrected chi connectivity index (χ4v) is 1.97. The van der Waals surface area contributed by atoms with Gasteiger partial charge < -0.3 is 0 Å². The molecule has 0 aliphatic heterocycles. The van der Waals surface area contributed by atoms with E-state index >= 15 is 0 Å². The molecule has 0 N–H and O–H groups in total. The third-order valence-corrected chi connectivity index (χ3v) is 2.63. The van der Waals surface area contributed by atoms with Gasteiger partial charge in [-0.25, -0.2) is 0 Å². The minimum absolute atomic E-state index is 0.687. The van der Waals surface area contributed by atoms with Crippen LogP contribution in [0.2, 0.25) is 0 Å². The number of rotatable bonds is 5. The molecule has 0 amide bonds. The average Bonchev–Trinajstić information content (AvgIpc) is 2.14. The molecule has 0 aliphatic rings. The lowest BCUT2D eigenvalue weighted by atomic mass is 10.0. The minimum atomic E-state index is 0.687. The summed E-state index contributed by atoms with van der Waals surface area (Å²) in [6, 6.07) is 4.54. The number of hydrogen-bond donors (Lipinski definition) is 0. The van der Waals surface area contributed by atoms with Gasteiger partial charge in [0.25, 0.3) is 0 Å². The molecule has 0 atom stereocenters. The van der Waals surface area contributed by atoms with Gasteiger partial charge in [0.05, 0.1) is 0 Å². The standard InChI is InChI=1S/C15H25N/c1-6-13-9-14(7-11(2)3)16-15(10-13)8-12(4)5/h9-12H,6-8H2,1-5H3. The van der Waals surface area contributed by atoms with Crippen molar-refractivity contribution in [1.29, 1.82) is 0 Å². The van der Waals surface area contributed by atoms with Crippen LogP contribution in [-0.2, 0) is 19.3 Å². The van der Waals surface area contributed by atoms with E-state index in [4.69, 9.17) is 4.98 Å². The van der Waals surface area contributed by atoms with Gasteiger partial charge in [-0.3, -0.25) is 4.98 Å². The van der Waals surface area contributed by atoms with Gasteiger partial charge in [-0.05, 0) is 48.8 Å². The lowest BCUT2D eigenvalue weighted by Gasteiger charge is -2.11. The topological polar surface area (TPSA) is 12.9 Å². The van der Waals surface area contributed by atoms with Crippen LogP contribution in [0.25, 0.3) is 0 Å². The molecule has 0 unspecified atom stereocenters. The number of hydrogen-bond acceptors (Lipinski definition) is 1. The van der Waals surface area contributed by atoms with E-state index in [1.807, 2.05) is 0 Å². The first-order valence-electron chi connectivity index (χ1n) is 6.50. The zero-order valence-electron chi connectivity index (χ0n) is 11.4. The van der Waals surface area contributed by atoms with E-state index in [9.17, 15) is 0 Å². The highest BCUT2D eigenvalue weighted by atomic mass is 14.7. The summed E-state index contributed by atoms with van der Waals surface area (Å²) in [6.45, 7) is 11.2. The highest BCUT2D eigenvalue weighted by Crippen LogP contribution is 2.14. The van der Waals surface area contributed by atoms with Gasteiger partial charge in [-0.15, -0.1) is 0 Å². The first-order valence-corrected chi connectivity index (χ1v) is 6.50. The second-order valence-corrected chi connectivity index (χ2v) is 5.51. The Morgan fingerprint density at radius 2 is 1.38 bits per heavy atom. The van der Waals surface area contributed by atoms with E-state index in [1.165, 1.54) is 17.0 Å². The summed E-state index contributed by atoms with van der Waals surface area (Å²) >= 11 is 0. The van der Waals surface area contributed by atoms with E-state index < -0.39 is 0 Å². The highest BCUT2D eigenvalue weighted by Gasteiger charge is 2.05. The van der Waals surface area contributed by atoms with E-state index in [-0.39, 0.29) is 0 Å². The maximum absolute atomic E-state index is 4.76. The Kier molecular flexibility index (Phi) is 4.98. The second kappa shape index (κ2) is 6.03. The van der Waals surface area contributed by atoms with Crippen molar-refractivity contribution in [3.8, 4) is 0 Å².